The maximum absolute atomic E-state index is 13.2. The van der Waals surface area contributed by atoms with Crippen molar-refractivity contribution in [2.75, 3.05) is 35.1 Å². The van der Waals surface area contributed by atoms with E-state index in [1.807, 2.05) is 13.0 Å². The Morgan fingerprint density at radius 3 is 2.53 bits per heavy atom. The van der Waals surface area contributed by atoms with Gasteiger partial charge in [0.1, 0.15) is 18.1 Å². The van der Waals surface area contributed by atoms with Crippen LogP contribution in [0.4, 0.5) is 11.4 Å². The third-order valence-electron chi connectivity index (χ3n) is 6.12. The number of aryl methyl sites for hydroxylation is 1. The van der Waals surface area contributed by atoms with Gasteiger partial charge >= 0.3 is 0 Å². The summed E-state index contributed by atoms with van der Waals surface area (Å²) in [5, 5.41) is 5.69. The SMILES string of the molecule is Cc1cccc(N(CC(=O)NC2CCCCC2)C(=O)C[S@](=O)CC(=O)Nc2ccc3c(c2)OCO3)c1. The first-order valence-corrected chi connectivity index (χ1v) is 13.6. The lowest BCUT2D eigenvalue weighted by Crippen LogP contribution is -2.46. The topological polar surface area (TPSA) is 114 Å². The van der Waals surface area contributed by atoms with Gasteiger partial charge in [-0.25, -0.2) is 0 Å². The summed E-state index contributed by atoms with van der Waals surface area (Å²) in [4.78, 5) is 39.7. The Labute approximate surface area is 213 Å². The molecule has 2 aliphatic rings. The van der Waals surface area contributed by atoms with E-state index < -0.39 is 22.6 Å². The molecule has 9 nitrogen and oxygen atoms in total. The van der Waals surface area contributed by atoms with Crippen molar-refractivity contribution < 1.29 is 28.1 Å². The summed E-state index contributed by atoms with van der Waals surface area (Å²) in [5.41, 5.74) is 1.97. The highest BCUT2D eigenvalue weighted by Crippen LogP contribution is 2.34. The van der Waals surface area contributed by atoms with E-state index in [9.17, 15) is 18.6 Å². The maximum atomic E-state index is 13.2. The van der Waals surface area contributed by atoms with Gasteiger partial charge in [0.05, 0.1) is 0 Å². The average Bonchev–Trinajstić information content (AvgIpc) is 3.31. The Bertz CT molecular complexity index is 1150. The van der Waals surface area contributed by atoms with Gasteiger partial charge in [0, 0.05) is 34.3 Å². The fourth-order valence-corrected chi connectivity index (χ4v) is 5.27. The molecule has 0 unspecified atom stereocenters. The number of nitrogens with one attached hydrogen (secondary N) is 2. The molecule has 4 rings (SSSR count). The largest absolute Gasteiger partial charge is 0.454 e. The van der Waals surface area contributed by atoms with Crippen LogP contribution in [0.5, 0.6) is 11.5 Å². The van der Waals surface area contributed by atoms with E-state index in [4.69, 9.17) is 9.47 Å². The van der Waals surface area contributed by atoms with Crippen molar-refractivity contribution in [3.8, 4) is 11.5 Å². The van der Waals surface area contributed by atoms with Gasteiger partial charge in [-0.2, -0.15) is 0 Å². The standard InChI is InChI=1S/C26H31N3O6S/c1-18-6-5-9-21(12-18)29(14-24(30)27-19-7-3-2-4-8-19)26(32)16-36(33)15-25(31)28-20-10-11-22-23(13-20)35-17-34-22/h5-6,9-13,19H,2-4,7-8,14-17H2,1H3,(H,27,30)(H,28,31)/t36-/m1/s1. The zero-order valence-corrected chi connectivity index (χ0v) is 21.1. The van der Waals surface area contributed by atoms with Gasteiger partial charge in [0.25, 0.3) is 0 Å². The molecule has 1 fully saturated rings. The maximum Gasteiger partial charge on any atom is 0.240 e. The molecule has 1 saturated carbocycles. The molecule has 1 aliphatic carbocycles. The molecule has 1 atom stereocenters. The number of hydrogen-bond donors (Lipinski definition) is 2. The van der Waals surface area contributed by atoms with E-state index in [0.717, 1.165) is 31.2 Å². The second kappa shape index (κ2) is 12.0. The van der Waals surface area contributed by atoms with Crippen molar-refractivity contribution in [2.24, 2.45) is 0 Å². The van der Waals surface area contributed by atoms with Crippen LogP contribution in [0.2, 0.25) is 0 Å². The predicted octanol–water partition coefficient (Wildman–Crippen LogP) is 2.89. The molecule has 0 bridgehead atoms. The van der Waals surface area contributed by atoms with E-state index >= 15 is 0 Å². The Hall–Kier alpha value is -3.40. The highest BCUT2D eigenvalue weighted by Gasteiger charge is 2.24. The number of ether oxygens (including phenoxy) is 2. The van der Waals surface area contributed by atoms with E-state index in [-0.39, 0.29) is 36.8 Å². The summed E-state index contributed by atoms with van der Waals surface area (Å²) >= 11 is 0. The number of amides is 3. The number of benzene rings is 2. The van der Waals surface area contributed by atoms with Crippen LogP contribution in [-0.2, 0) is 25.2 Å². The molecule has 2 aromatic rings. The van der Waals surface area contributed by atoms with Crippen molar-refractivity contribution >= 4 is 39.9 Å². The molecule has 2 N–H and O–H groups in total. The summed E-state index contributed by atoms with van der Waals surface area (Å²) < 4.78 is 23.2. The van der Waals surface area contributed by atoms with Gasteiger partial charge in [-0.1, -0.05) is 31.4 Å². The third kappa shape index (κ3) is 7.07. The van der Waals surface area contributed by atoms with Gasteiger partial charge in [-0.05, 0) is 49.6 Å². The molecule has 2 aromatic carbocycles. The number of rotatable bonds is 9. The Balaban J connectivity index is 1.36. The van der Waals surface area contributed by atoms with Gasteiger partial charge in [0.15, 0.2) is 11.5 Å². The molecule has 36 heavy (non-hydrogen) atoms. The molecule has 0 radical (unpaired) electrons. The zero-order chi connectivity index (χ0) is 25.5. The van der Waals surface area contributed by atoms with Gasteiger partial charge in [-0.3, -0.25) is 18.6 Å². The number of fused-ring (bicyclic) bond motifs is 1. The quantitative estimate of drug-likeness (QED) is 0.533. The molecule has 10 heteroatoms. The van der Waals surface area contributed by atoms with Crippen molar-refractivity contribution in [3.05, 3.63) is 48.0 Å². The average molecular weight is 514 g/mol. The van der Waals surface area contributed by atoms with Crippen LogP contribution in [0, 0.1) is 6.92 Å². The Morgan fingerprint density at radius 1 is 0.972 bits per heavy atom. The molecule has 1 aliphatic heterocycles. The number of hydrogen-bond acceptors (Lipinski definition) is 6. The van der Waals surface area contributed by atoms with Gasteiger partial charge in [-0.15, -0.1) is 0 Å². The van der Waals surface area contributed by atoms with Crippen LogP contribution < -0.4 is 25.0 Å². The molecule has 192 valence electrons. The zero-order valence-electron chi connectivity index (χ0n) is 20.3. The van der Waals surface area contributed by atoms with E-state index in [2.05, 4.69) is 10.6 Å². The fraction of sp³-hybridized carbons (Fsp3) is 0.423. The molecule has 0 aromatic heterocycles. The van der Waals surface area contributed by atoms with Crippen LogP contribution in [-0.4, -0.2) is 52.8 Å². The minimum Gasteiger partial charge on any atom is -0.454 e. The minimum atomic E-state index is -1.76. The van der Waals surface area contributed by atoms with Crippen molar-refractivity contribution in [3.63, 3.8) is 0 Å². The lowest BCUT2D eigenvalue weighted by molar-refractivity contribution is -0.123. The van der Waals surface area contributed by atoms with E-state index in [1.54, 1.807) is 36.4 Å². The first-order chi connectivity index (χ1) is 17.4. The first kappa shape index (κ1) is 25.7. The highest BCUT2D eigenvalue weighted by atomic mass is 32.2. The first-order valence-electron chi connectivity index (χ1n) is 12.1. The van der Waals surface area contributed by atoms with Crippen LogP contribution in [0.15, 0.2) is 42.5 Å². The van der Waals surface area contributed by atoms with Gasteiger partial charge < -0.3 is 25.0 Å². The second-order valence-corrected chi connectivity index (χ2v) is 10.5. The van der Waals surface area contributed by atoms with Crippen molar-refractivity contribution in [1.82, 2.24) is 5.32 Å². The van der Waals surface area contributed by atoms with E-state index in [1.165, 1.54) is 11.3 Å². The molecule has 1 heterocycles. The van der Waals surface area contributed by atoms with Crippen molar-refractivity contribution in [2.45, 2.75) is 45.1 Å². The summed E-state index contributed by atoms with van der Waals surface area (Å²) in [6.45, 7) is 1.85. The van der Waals surface area contributed by atoms with Gasteiger partial charge in [0.2, 0.25) is 24.5 Å². The summed E-state index contributed by atoms with van der Waals surface area (Å²) in [6.07, 6.45) is 5.21. The molecule has 3 amide bonds. The monoisotopic (exact) mass is 513 g/mol. The van der Waals surface area contributed by atoms with Crippen LogP contribution in [0.1, 0.15) is 37.7 Å². The number of nitrogens with zero attached hydrogens (tertiary/aromatic N) is 1. The lowest BCUT2D eigenvalue weighted by atomic mass is 9.95. The van der Waals surface area contributed by atoms with Crippen LogP contribution in [0.25, 0.3) is 0 Å². The number of carbonyl (C=O) groups excluding carboxylic acids is 3. The Kier molecular flexibility index (Phi) is 8.58. The molecular weight excluding hydrogens is 482 g/mol. The minimum absolute atomic E-state index is 0.120. The van der Waals surface area contributed by atoms with Crippen molar-refractivity contribution in [1.29, 1.82) is 0 Å². The van der Waals surface area contributed by atoms with Crippen LogP contribution >= 0.6 is 0 Å². The molecule has 0 spiro atoms. The van der Waals surface area contributed by atoms with Crippen LogP contribution in [0.3, 0.4) is 0 Å². The molecular formula is C26H31N3O6S. The summed E-state index contributed by atoms with van der Waals surface area (Å²) in [5.74, 6) is -0.834. The Morgan fingerprint density at radius 2 is 1.75 bits per heavy atom. The number of carbonyl (C=O) groups is 3. The predicted molar refractivity (Wildman–Crippen MR) is 138 cm³/mol. The molecule has 0 saturated heterocycles. The second-order valence-electron chi connectivity index (χ2n) is 9.07. The smallest absolute Gasteiger partial charge is 0.240 e. The number of anilines is 2. The highest BCUT2D eigenvalue weighted by molar-refractivity contribution is 7.86. The fourth-order valence-electron chi connectivity index (χ4n) is 4.37. The summed E-state index contributed by atoms with van der Waals surface area (Å²) in [7, 11) is -1.76. The van der Waals surface area contributed by atoms with E-state index in [0.29, 0.717) is 22.9 Å². The summed E-state index contributed by atoms with van der Waals surface area (Å²) in [6, 6.07) is 12.3. The lowest BCUT2D eigenvalue weighted by Gasteiger charge is -2.26. The third-order valence-corrected chi connectivity index (χ3v) is 7.27. The normalized spacial score (nSPS) is 15.7.